The fourth-order valence-corrected chi connectivity index (χ4v) is 4.85. The summed E-state index contributed by atoms with van der Waals surface area (Å²) < 4.78 is 2.06. The molecular weight excluding hydrogens is 388 g/mol. The maximum Gasteiger partial charge on any atom is 0.332 e. The average molecular weight is 410 g/mol. The van der Waals surface area contributed by atoms with Gasteiger partial charge in [-0.15, -0.1) is 11.3 Å². The van der Waals surface area contributed by atoms with Crippen molar-refractivity contribution < 1.29 is 4.79 Å². The van der Waals surface area contributed by atoms with Crippen molar-refractivity contribution in [3.8, 4) is 0 Å². The number of ketones is 1. The normalized spacial score (nSPS) is 16.6. The van der Waals surface area contributed by atoms with E-state index < -0.39 is 11.2 Å². The van der Waals surface area contributed by atoms with Crippen molar-refractivity contribution in [3.05, 3.63) is 84.2 Å². The Morgan fingerprint density at radius 2 is 1.86 bits per heavy atom. The fraction of sp³-hybridized carbons (Fsp3) is 0.286. The lowest BCUT2D eigenvalue weighted by Crippen LogP contribution is -2.44. The van der Waals surface area contributed by atoms with Crippen LogP contribution in [0.15, 0.2) is 51.4 Å². The Kier molecular flexibility index (Phi) is 4.97. The van der Waals surface area contributed by atoms with Gasteiger partial charge >= 0.3 is 5.69 Å². The van der Waals surface area contributed by atoms with E-state index in [2.05, 4.69) is 28.5 Å². The number of nitrogen functional groups attached to an aromatic ring is 1. The number of nitrogens with zero attached hydrogens (tertiary/aromatic N) is 3. The lowest BCUT2D eigenvalue weighted by Gasteiger charge is -2.35. The summed E-state index contributed by atoms with van der Waals surface area (Å²) in [4.78, 5) is 41.2. The number of nitrogens with two attached hydrogens (primary N) is 1. The largest absolute Gasteiger partial charge is 0.384 e. The number of benzene rings is 1. The molecule has 7 nitrogen and oxygen atoms in total. The van der Waals surface area contributed by atoms with Gasteiger partial charge in [0.05, 0.1) is 12.6 Å². The van der Waals surface area contributed by atoms with Crippen LogP contribution >= 0.6 is 11.3 Å². The quantitative estimate of drug-likeness (QED) is 0.659. The summed E-state index contributed by atoms with van der Waals surface area (Å²) in [6, 6.07) is 12.1. The maximum absolute atomic E-state index is 13.1. The second-order valence-corrected chi connectivity index (χ2v) is 8.22. The van der Waals surface area contributed by atoms with E-state index in [-0.39, 0.29) is 29.8 Å². The second kappa shape index (κ2) is 7.46. The molecule has 0 saturated heterocycles. The Labute approximate surface area is 171 Å². The summed E-state index contributed by atoms with van der Waals surface area (Å²) in [5, 5.41) is 2.08. The monoisotopic (exact) mass is 410 g/mol. The van der Waals surface area contributed by atoms with Crippen LogP contribution in [-0.4, -0.2) is 32.9 Å². The van der Waals surface area contributed by atoms with Gasteiger partial charge < -0.3 is 5.73 Å². The summed E-state index contributed by atoms with van der Waals surface area (Å²) in [5.41, 5.74) is 6.94. The zero-order chi connectivity index (χ0) is 20.7. The molecule has 2 N–H and O–H groups in total. The standard InChI is InChI=1S/C21H22N4O3S/c1-23-19(22)17(20(27)24(2)21(23)28)15(26)12-25-10-8-16-14(9-11-29-16)18(25)13-6-4-3-5-7-13/h3-7,9,11,18H,8,10,12,22H2,1-2H3. The van der Waals surface area contributed by atoms with E-state index in [9.17, 15) is 14.4 Å². The number of hydrogen-bond donors (Lipinski definition) is 1. The highest BCUT2D eigenvalue weighted by molar-refractivity contribution is 7.10. The van der Waals surface area contributed by atoms with E-state index in [0.717, 1.165) is 21.1 Å². The maximum atomic E-state index is 13.1. The van der Waals surface area contributed by atoms with Crippen LogP contribution in [0.3, 0.4) is 0 Å². The summed E-state index contributed by atoms with van der Waals surface area (Å²) in [5.74, 6) is -0.467. The highest BCUT2D eigenvalue weighted by Gasteiger charge is 2.32. The molecule has 1 aliphatic rings. The number of Topliss-reactive ketones (excluding diaryl/α,β-unsaturated/α-hetero) is 1. The topological polar surface area (TPSA) is 90.3 Å². The van der Waals surface area contributed by atoms with Crippen molar-refractivity contribution in [2.24, 2.45) is 14.1 Å². The van der Waals surface area contributed by atoms with Gasteiger partial charge in [-0.3, -0.25) is 23.6 Å². The van der Waals surface area contributed by atoms with Gasteiger partial charge in [-0.25, -0.2) is 4.79 Å². The first-order chi connectivity index (χ1) is 13.9. The molecule has 0 aliphatic carbocycles. The van der Waals surface area contributed by atoms with Gasteiger partial charge in [0.2, 0.25) is 0 Å². The molecule has 0 amide bonds. The lowest BCUT2D eigenvalue weighted by atomic mass is 9.93. The van der Waals surface area contributed by atoms with E-state index in [1.165, 1.54) is 24.5 Å². The molecule has 150 valence electrons. The molecule has 8 heteroatoms. The van der Waals surface area contributed by atoms with Gasteiger partial charge in [-0.1, -0.05) is 30.3 Å². The molecule has 1 atom stereocenters. The minimum absolute atomic E-state index is 0.0481. The van der Waals surface area contributed by atoms with Crippen LogP contribution in [0, 0.1) is 0 Å². The molecule has 0 fully saturated rings. The Balaban J connectivity index is 1.74. The third-order valence-electron chi connectivity index (χ3n) is 5.52. The van der Waals surface area contributed by atoms with Gasteiger partial charge in [0, 0.05) is 25.5 Å². The van der Waals surface area contributed by atoms with Crippen LogP contribution in [0.1, 0.15) is 32.4 Å². The number of rotatable bonds is 4. The molecule has 3 aromatic rings. The Hall–Kier alpha value is -2.97. The molecule has 4 rings (SSSR count). The number of anilines is 1. The molecule has 0 spiro atoms. The van der Waals surface area contributed by atoms with Crippen molar-refractivity contribution in [1.82, 2.24) is 14.0 Å². The van der Waals surface area contributed by atoms with E-state index in [1.54, 1.807) is 11.3 Å². The van der Waals surface area contributed by atoms with E-state index in [0.29, 0.717) is 6.54 Å². The molecule has 0 bridgehead atoms. The molecule has 29 heavy (non-hydrogen) atoms. The zero-order valence-electron chi connectivity index (χ0n) is 16.3. The average Bonchev–Trinajstić information content (AvgIpc) is 3.20. The second-order valence-electron chi connectivity index (χ2n) is 7.22. The molecular formula is C21H22N4O3S. The van der Waals surface area contributed by atoms with E-state index >= 15 is 0 Å². The molecule has 1 aliphatic heterocycles. The van der Waals surface area contributed by atoms with Crippen molar-refractivity contribution in [2.75, 3.05) is 18.8 Å². The van der Waals surface area contributed by atoms with Crippen molar-refractivity contribution in [2.45, 2.75) is 12.5 Å². The van der Waals surface area contributed by atoms with Gasteiger partial charge in [-0.05, 0) is 29.0 Å². The van der Waals surface area contributed by atoms with Crippen molar-refractivity contribution in [3.63, 3.8) is 0 Å². The first kappa shape index (κ1) is 19.4. The van der Waals surface area contributed by atoms with Gasteiger partial charge in [0.25, 0.3) is 5.56 Å². The predicted molar refractivity (Wildman–Crippen MR) is 114 cm³/mol. The predicted octanol–water partition coefficient (Wildman–Crippen LogP) is 1.56. The molecule has 0 radical (unpaired) electrons. The minimum atomic E-state index is -0.653. The van der Waals surface area contributed by atoms with Crippen LogP contribution in [0.2, 0.25) is 0 Å². The molecule has 2 aromatic heterocycles. The lowest BCUT2D eigenvalue weighted by molar-refractivity contribution is 0.0900. The third-order valence-corrected chi connectivity index (χ3v) is 6.51. The van der Waals surface area contributed by atoms with Crippen LogP contribution in [0.4, 0.5) is 5.82 Å². The van der Waals surface area contributed by atoms with Crippen LogP contribution in [-0.2, 0) is 20.5 Å². The van der Waals surface area contributed by atoms with Gasteiger partial charge in [0.15, 0.2) is 5.78 Å². The number of fused-ring (bicyclic) bond motifs is 1. The van der Waals surface area contributed by atoms with Crippen molar-refractivity contribution in [1.29, 1.82) is 0 Å². The Morgan fingerprint density at radius 1 is 1.14 bits per heavy atom. The van der Waals surface area contributed by atoms with Gasteiger partial charge in [0.1, 0.15) is 11.4 Å². The van der Waals surface area contributed by atoms with E-state index in [1.807, 2.05) is 18.2 Å². The van der Waals surface area contributed by atoms with Crippen LogP contribution in [0.25, 0.3) is 0 Å². The molecule has 1 unspecified atom stereocenters. The SMILES string of the molecule is Cn1c(N)c(C(=O)CN2CCc3sccc3C2c2ccccc2)c(=O)n(C)c1=O. The summed E-state index contributed by atoms with van der Waals surface area (Å²) in [6.45, 7) is 0.747. The molecule has 0 saturated carbocycles. The van der Waals surface area contributed by atoms with E-state index in [4.69, 9.17) is 5.73 Å². The summed E-state index contributed by atoms with van der Waals surface area (Å²) in [6.07, 6.45) is 0.852. The molecule has 3 heterocycles. The number of thiophene rings is 1. The number of aromatic nitrogens is 2. The van der Waals surface area contributed by atoms with Crippen molar-refractivity contribution >= 4 is 22.9 Å². The number of carbonyl (C=O) groups is 1. The first-order valence-corrected chi connectivity index (χ1v) is 10.2. The highest BCUT2D eigenvalue weighted by Crippen LogP contribution is 2.37. The highest BCUT2D eigenvalue weighted by atomic mass is 32.1. The summed E-state index contributed by atoms with van der Waals surface area (Å²) >= 11 is 1.73. The minimum Gasteiger partial charge on any atom is -0.384 e. The Bertz CT molecular complexity index is 1190. The smallest absolute Gasteiger partial charge is 0.332 e. The fourth-order valence-electron chi connectivity index (χ4n) is 3.95. The Morgan fingerprint density at radius 3 is 2.59 bits per heavy atom. The first-order valence-electron chi connectivity index (χ1n) is 9.34. The number of carbonyl (C=O) groups excluding carboxylic acids is 1. The van der Waals surface area contributed by atoms with Crippen LogP contribution in [0.5, 0.6) is 0 Å². The van der Waals surface area contributed by atoms with Gasteiger partial charge in [-0.2, -0.15) is 0 Å². The number of hydrogen-bond acceptors (Lipinski definition) is 6. The molecule has 1 aromatic carbocycles. The zero-order valence-corrected chi connectivity index (χ0v) is 17.1. The third kappa shape index (κ3) is 3.24. The van der Waals surface area contributed by atoms with Crippen LogP contribution < -0.4 is 17.0 Å². The summed E-state index contributed by atoms with van der Waals surface area (Å²) in [7, 11) is 2.81.